The van der Waals surface area contributed by atoms with Gasteiger partial charge in [0.05, 0.1) is 22.2 Å². The molecule has 190 valence electrons. The first kappa shape index (κ1) is 20.7. The zero-order valence-corrected chi connectivity index (χ0v) is 21.3. The van der Waals surface area contributed by atoms with E-state index >= 15 is 0 Å². The average molecular weight is 503 g/mol. The number of H-pyrrole nitrogens is 1. The number of fused-ring (bicyclic) bond motifs is 8. The van der Waals surface area contributed by atoms with Gasteiger partial charge in [-0.15, -0.1) is 0 Å². The SMILES string of the molecule is Oc1ccc2c3c1O[C@H]1c4[nH]c5c6c(ccc5c4C[C@@]4(O)[C@@H](C2)N(CC2CC2)CC[C@]314)Cc1ccccc1-6. The van der Waals surface area contributed by atoms with Crippen LogP contribution >= 0.6 is 0 Å². The number of nitrogens with zero attached hydrogens (tertiary/aromatic N) is 1. The number of aromatic hydroxyl groups is 1. The van der Waals surface area contributed by atoms with Gasteiger partial charge in [0, 0.05) is 35.5 Å². The number of aromatic amines is 1. The molecule has 3 heterocycles. The van der Waals surface area contributed by atoms with Gasteiger partial charge in [-0.25, -0.2) is 0 Å². The third-order valence-corrected chi connectivity index (χ3v) is 11.1. The number of ether oxygens (including phenoxy) is 1. The number of aromatic nitrogens is 1. The number of piperidine rings is 1. The third-order valence-electron chi connectivity index (χ3n) is 11.1. The fraction of sp³-hybridized carbons (Fsp3) is 0.394. The second kappa shape index (κ2) is 6.47. The molecule has 6 aliphatic rings. The summed E-state index contributed by atoms with van der Waals surface area (Å²) in [4.78, 5) is 6.48. The van der Waals surface area contributed by atoms with E-state index in [0.29, 0.717) is 12.2 Å². The summed E-state index contributed by atoms with van der Waals surface area (Å²) in [5.41, 5.74) is 9.63. The van der Waals surface area contributed by atoms with Crippen molar-refractivity contribution in [1.29, 1.82) is 0 Å². The van der Waals surface area contributed by atoms with Gasteiger partial charge in [0.1, 0.15) is 0 Å². The minimum absolute atomic E-state index is 0.0548. The van der Waals surface area contributed by atoms with Crippen LogP contribution in [-0.4, -0.2) is 44.8 Å². The van der Waals surface area contributed by atoms with Crippen molar-refractivity contribution in [3.63, 3.8) is 0 Å². The number of nitrogens with one attached hydrogen (secondary N) is 1. The van der Waals surface area contributed by atoms with E-state index in [-0.39, 0.29) is 17.9 Å². The Labute approximate surface area is 221 Å². The fourth-order valence-corrected chi connectivity index (χ4v) is 9.31. The molecule has 1 spiro atoms. The van der Waals surface area contributed by atoms with Gasteiger partial charge in [-0.05, 0) is 78.5 Å². The predicted octanol–water partition coefficient (Wildman–Crippen LogP) is 5.14. The van der Waals surface area contributed by atoms with E-state index in [9.17, 15) is 10.2 Å². The van der Waals surface area contributed by atoms with E-state index in [1.807, 2.05) is 0 Å². The van der Waals surface area contributed by atoms with Gasteiger partial charge >= 0.3 is 0 Å². The molecular formula is C33H30N2O3. The highest BCUT2D eigenvalue weighted by atomic mass is 16.5. The van der Waals surface area contributed by atoms with Crippen LogP contribution in [0.1, 0.15) is 58.9 Å². The Balaban J connectivity index is 1.25. The Bertz CT molecular complexity index is 1730. The molecule has 5 nitrogen and oxygen atoms in total. The molecule has 3 aromatic carbocycles. The molecule has 0 unspecified atom stereocenters. The Morgan fingerprint density at radius 2 is 1.89 bits per heavy atom. The van der Waals surface area contributed by atoms with E-state index in [1.54, 1.807) is 6.07 Å². The van der Waals surface area contributed by atoms with Crippen molar-refractivity contribution in [2.45, 2.75) is 61.7 Å². The van der Waals surface area contributed by atoms with Crippen molar-refractivity contribution in [3.8, 4) is 22.6 Å². The van der Waals surface area contributed by atoms with Crippen LogP contribution in [0, 0.1) is 5.92 Å². The molecule has 5 heteroatoms. The van der Waals surface area contributed by atoms with Gasteiger partial charge in [-0.2, -0.15) is 0 Å². The van der Waals surface area contributed by atoms with Crippen molar-refractivity contribution in [1.82, 2.24) is 9.88 Å². The summed E-state index contributed by atoms with van der Waals surface area (Å²) < 4.78 is 6.79. The highest BCUT2D eigenvalue weighted by Gasteiger charge is 2.72. The van der Waals surface area contributed by atoms with Crippen molar-refractivity contribution in [2.75, 3.05) is 13.1 Å². The number of phenolic OH excluding ortho intramolecular Hbond substituents is 1. The standard InChI is InChI=1S/C33H30N2O3/c36-24-10-8-20-14-25-33(37)15-23-22-9-7-19-13-18-3-1-2-4-21(18)26(19)28(22)34-29(23)31-32(33,27(20)30(24)38-31)11-12-35(25)16-17-5-6-17/h1-4,7-10,17,25,31,34,36-37H,5-6,11-16H2/t25-,31+,32+,33-/m1/s1. The van der Waals surface area contributed by atoms with E-state index in [4.69, 9.17) is 4.74 Å². The molecule has 0 amide bonds. The summed E-state index contributed by atoms with van der Waals surface area (Å²) >= 11 is 0. The first-order chi connectivity index (χ1) is 18.6. The number of benzene rings is 3. The Morgan fingerprint density at radius 1 is 1.03 bits per heavy atom. The molecule has 1 saturated heterocycles. The van der Waals surface area contributed by atoms with Crippen LogP contribution in [0.25, 0.3) is 22.0 Å². The maximum atomic E-state index is 13.1. The molecule has 38 heavy (non-hydrogen) atoms. The quantitative estimate of drug-likeness (QED) is 0.313. The highest BCUT2D eigenvalue weighted by molar-refractivity contribution is 6.01. The molecule has 10 rings (SSSR count). The lowest BCUT2D eigenvalue weighted by Crippen LogP contribution is -2.74. The first-order valence-corrected chi connectivity index (χ1v) is 14.3. The average Bonchev–Trinajstić information content (AvgIpc) is 3.38. The molecule has 2 aliphatic heterocycles. The smallest absolute Gasteiger partial charge is 0.166 e. The molecule has 4 aliphatic carbocycles. The summed E-state index contributed by atoms with van der Waals surface area (Å²) in [7, 11) is 0. The maximum absolute atomic E-state index is 13.1. The van der Waals surface area contributed by atoms with Crippen LogP contribution in [-0.2, 0) is 24.7 Å². The summed E-state index contributed by atoms with van der Waals surface area (Å²) in [5.74, 6) is 1.57. The molecular weight excluding hydrogens is 472 g/mol. The molecule has 1 saturated carbocycles. The molecule has 0 radical (unpaired) electrons. The van der Waals surface area contributed by atoms with Crippen LogP contribution < -0.4 is 4.74 Å². The third kappa shape index (κ3) is 2.19. The summed E-state index contributed by atoms with van der Waals surface area (Å²) in [5, 5.41) is 25.2. The molecule has 2 bridgehead atoms. The van der Waals surface area contributed by atoms with Crippen molar-refractivity contribution < 1.29 is 14.9 Å². The minimum atomic E-state index is -0.949. The van der Waals surface area contributed by atoms with Crippen LogP contribution in [0.15, 0.2) is 48.5 Å². The predicted molar refractivity (Wildman–Crippen MR) is 145 cm³/mol. The number of aliphatic hydroxyl groups is 1. The topological polar surface area (TPSA) is 68.7 Å². The second-order valence-corrected chi connectivity index (χ2v) is 12.8. The van der Waals surface area contributed by atoms with Gasteiger partial charge in [0.15, 0.2) is 17.6 Å². The van der Waals surface area contributed by atoms with Gasteiger partial charge in [-0.3, -0.25) is 4.90 Å². The van der Waals surface area contributed by atoms with Gasteiger partial charge in [0.2, 0.25) is 0 Å². The van der Waals surface area contributed by atoms with E-state index in [0.717, 1.165) is 49.5 Å². The van der Waals surface area contributed by atoms with Gasteiger partial charge in [0.25, 0.3) is 0 Å². The number of likely N-dealkylation sites (tertiary alicyclic amines) is 1. The van der Waals surface area contributed by atoms with E-state index in [1.165, 1.54) is 57.1 Å². The lowest BCUT2D eigenvalue weighted by Gasteiger charge is -2.62. The highest BCUT2D eigenvalue weighted by Crippen LogP contribution is 2.69. The number of rotatable bonds is 2. The Morgan fingerprint density at radius 3 is 2.79 bits per heavy atom. The van der Waals surface area contributed by atoms with Crippen molar-refractivity contribution in [3.05, 3.63) is 82.0 Å². The molecule has 4 atom stereocenters. The zero-order chi connectivity index (χ0) is 25.0. The monoisotopic (exact) mass is 502 g/mol. The van der Waals surface area contributed by atoms with Gasteiger partial charge < -0.3 is 19.9 Å². The largest absolute Gasteiger partial charge is 0.504 e. The lowest BCUT2D eigenvalue weighted by molar-refractivity contribution is -0.173. The van der Waals surface area contributed by atoms with Crippen LogP contribution in [0.4, 0.5) is 0 Å². The molecule has 4 aromatic rings. The molecule has 1 aromatic heterocycles. The summed E-state index contributed by atoms with van der Waals surface area (Å²) in [6.45, 7) is 2.05. The van der Waals surface area contributed by atoms with E-state index < -0.39 is 11.0 Å². The zero-order valence-electron chi connectivity index (χ0n) is 21.3. The fourth-order valence-electron chi connectivity index (χ4n) is 9.31. The van der Waals surface area contributed by atoms with Crippen molar-refractivity contribution in [2.24, 2.45) is 5.92 Å². The second-order valence-electron chi connectivity index (χ2n) is 12.8. The van der Waals surface area contributed by atoms with Crippen LogP contribution in [0.2, 0.25) is 0 Å². The number of phenols is 1. The lowest BCUT2D eigenvalue weighted by atomic mass is 9.49. The molecule has 2 fully saturated rings. The summed E-state index contributed by atoms with van der Waals surface area (Å²) in [6.07, 6.45) is 5.52. The number of hydrogen-bond donors (Lipinski definition) is 3. The summed E-state index contributed by atoms with van der Waals surface area (Å²) in [6, 6.07) is 17.2. The molecule has 3 N–H and O–H groups in total. The van der Waals surface area contributed by atoms with Crippen LogP contribution in [0.5, 0.6) is 11.5 Å². The Kier molecular flexibility index (Phi) is 3.51. The maximum Gasteiger partial charge on any atom is 0.166 e. The first-order valence-electron chi connectivity index (χ1n) is 14.3. The van der Waals surface area contributed by atoms with E-state index in [2.05, 4.69) is 52.3 Å². The Hall–Kier alpha value is -3.28. The minimum Gasteiger partial charge on any atom is -0.504 e. The van der Waals surface area contributed by atoms with Crippen molar-refractivity contribution >= 4 is 10.9 Å². The van der Waals surface area contributed by atoms with Crippen LogP contribution in [0.3, 0.4) is 0 Å². The normalized spacial score (nSPS) is 31.5. The van der Waals surface area contributed by atoms with Gasteiger partial charge in [-0.1, -0.05) is 42.5 Å². The number of hydrogen-bond acceptors (Lipinski definition) is 4.